The van der Waals surface area contributed by atoms with Crippen LogP contribution < -0.4 is 0 Å². The van der Waals surface area contributed by atoms with Crippen molar-refractivity contribution in [3.05, 3.63) is 71.5 Å². The zero-order valence-corrected chi connectivity index (χ0v) is 13.3. The van der Waals surface area contributed by atoms with Gasteiger partial charge in [0.15, 0.2) is 0 Å². The van der Waals surface area contributed by atoms with Crippen LogP contribution in [0.5, 0.6) is 0 Å². The van der Waals surface area contributed by atoms with Gasteiger partial charge in [0.25, 0.3) is 0 Å². The minimum absolute atomic E-state index is 0.0888. The Bertz CT molecular complexity index is 649. The molecule has 2 aromatic rings. The maximum Gasteiger partial charge on any atom is 0.219 e. The molecule has 1 unspecified atom stereocenters. The van der Waals surface area contributed by atoms with Gasteiger partial charge in [0.05, 0.1) is 6.04 Å². The highest BCUT2D eigenvalue weighted by Crippen LogP contribution is 2.29. The molecule has 0 spiro atoms. The number of benzene rings is 2. The van der Waals surface area contributed by atoms with E-state index in [1.165, 1.54) is 17.7 Å². The van der Waals surface area contributed by atoms with Crippen LogP contribution in [0.2, 0.25) is 0 Å². The normalized spacial score (nSPS) is 17.0. The van der Waals surface area contributed by atoms with Crippen LogP contribution in [0.25, 0.3) is 0 Å². The average Bonchev–Trinajstić information content (AvgIpc) is 2.58. The number of amides is 1. The lowest BCUT2D eigenvalue weighted by Gasteiger charge is -2.39. The van der Waals surface area contributed by atoms with E-state index in [1.807, 2.05) is 35.2 Å². The predicted octanol–water partition coefficient (Wildman–Crippen LogP) is 3.08. The third-order valence-corrected chi connectivity index (χ3v) is 4.43. The molecule has 1 amide bonds. The summed E-state index contributed by atoms with van der Waals surface area (Å²) in [6, 6.07) is 17.1. The van der Waals surface area contributed by atoms with Crippen molar-refractivity contribution in [2.75, 3.05) is 26.2 Å². The summed E-state index contributed by atoms with van der Waals surface area (Å²) in [5, 5.41) is 0. The third-order valence-electron chi connectivity index (χ3n) is 4.43. The minimum atomic E-state index is -0.220. The Morgan fingerprint density at radius 2 is 1.48 bits per heavy atom. The van der Waals surface area contributed by atoms with Crippen molar-refractivity contribution in [2.45, 2.75) is 13.0 Å². The zero-order valence-electron chi connectivity index (χ0n) is 13.3. The van der Waals surface area contributed by atoms with Crippen molar-refractivity contribution >= 4 is 5.91 Å². The van der Waals surface area contributed by atoms with E-state index in [9.17, 15) is 9.18 Å². The number of nitrogens with zero attached hydrogens (tertiary/aromatic N) is 2. The number of carbonyl (C=O) groups is 1. The second-order valence-electron chi connectivity index (χ2n) is 5.91. The molecular weight excluding hydrogens is 291 g/mol. The first kappa shape index (κ1) is 15.7. The highest BCUT2D eigenvalue weighted by molar-refractivity contribution is 5.73. The molecular formula is C19H21FN2O. The van der Waals surface area contributed by atoms with Crippen LogP contribution in [-0.2, 0) is 4.79 Å². The Morgan fingerprint density at radius 3 is 2.04 bits per heavy atom. The van der Waals surface area contributed by atoms with E-state index in [1.54, 1.807) is 6.92 Å². The largest absolute Gasteiger partial charge is 0.340 e. The van der Waals surface area contributed by atoms with Crippen LogP contribution in [0.4, 0.5) is 4.39 Å². The molecule has 0 bridgehead atoms. The monoisotopic (exact) mass is 312 g/mol. The molecule has 0 N–H and O–H groups in total. The van der Waals surface area contributed by atoms with E-state index in [4.69, 9.17) is 0 Å². The van der Waals surface area contributed by atoms with E-state index in [0.29, 0.717) is 0 Å². The molecule has 3 rings (SSSR count). The van der Waals surface area contributed by atoms with Gasteiger partial charge in [-0.3, -0.25) is 9.69 Å². The number of piperazine rings is 1. The molecule has 0 aromatic heterocycles. The first-order valence-corrected chi connectivity index (χ1v) is 7.95. The number of hydrogen-bond donors (Lipinski definition) is 0. The Labute approximate surface area is 136 Å². The molecule has 0 radical (unpaired) electrons. The van der Waals surface area contributed by atoms with E-state index in [2.05, 4.69) is 17.0 Å². The number of hydrogen-bond acceptors (Lipinski definition) is 2. The molecule has 1 heterocycles. The van der Waals surface area contributed by atoms with Crippen LogP contribution in [-0.4, -0.2) is 41.9 Å². The predicted molar refractivity (Wildman–Crippen MR) is 88.5 cm³/mol. The van der Waals surface area contributed by atoms with E-state index >= 15 is 0 Å². The van der Waals surface area contributed by atoms with Gasteiger partial charge in [-0.25, -0.2) is 4.39 Å². The van der Waals surface area contributed by atoms with Crippen LogP contribution in [0.3, 0.4) is 0 Å². The minimum Gasteiger partial charge on any atom is -0.340 e. The maximum absolute atomic E-state index is 13.3. The Kier molecular flexibility index (Phi) is 4.72. The number of rotatable bonds is 3. The van der Waals surface area contributed by atoms with Crippen molar-refractivity contribution < 1.29 is 9.18 Å². The van der Waals surface area contributed by atoms with Gasteiger partial charge in [0.1, 0.15) is 5.82 Å². The second-order valence-corrected chi connectivity index (χ2v) is 5.91. The summed E-state index contributed by atoms with van der Waals surface area (Å²) in [7, 11) is 0. The molecule has 1 aliphatic rings. The zero-order chi connectivity index (χ0) is 16.2. The first-order chi connectivity index (χ1) is 11.1. The summed E-state index contributed by atoms with van der Waals surface area (Å²) in [6.07, 6.45) is 0. The fraction of sp³-hybridized carbons (Fsp3) is 0.316. The molecule has 1 aliphatic heterocycles. The molecule has 1 fully saturated rings. The summed E-state index contributed by atoms with van der Waals surface area (Å²) in [5.41, 5.74) is 2.27. The van der Waals surface area contributed by atoms with Crippen LogP contribution >= 0.6 is 0 Å². The van der Waals surface area contributed by atoms with E-state index in [-0.39, 0.29) is 17.8 Å². The van der Waals surface area contributed by atoms with Crippen molar-refractivity contribution in [1.82, 2.24) is 9.80 Å². The van der Waals surface area contributed by atoms with Crippen LogP contribution in [0.1, 0.15) is 24.1 Å². The smallest absolute Gasteiger partial charge is 0.219 e. The summed E-state index contributed by atoms with van der Waals surface area (Å²) in [5.74, 6) is -0.0929. The number of halogens is 1. The van der Waals surface area contributed by atoms with Gasteiger partial charge >= 0.3 is 0 Å². The van der Waals surface area contributed by atoms with Gasteiger partial charge in [-0.05, 0) is 23.3 Å². The van der Waals surface area contributed by atoms with Crippen molar-refractivity contribution in [1.29, 1.82) is 0 Å². The third kappa shape index (κ3) is 3.59. The SMILES string of the molecule is CC(=O)N1CCN(C(c2ccccc2)c2ccc(F)cc2)CC1. The summed E-state index contributed by atoms with van der Waals surface area (Å²) in [4.78, 5) is 15.8. The summed E-state index contributed by atoms with van der Waals surface area (Å²) in [6.45, 7) is 4.72. The lowest BCUT2D eigenvalue weighted by molar-refractivity contribution is -0.130. The average molecular weight is 312 g/mol. The Balaban J connectivity index is 1.87. The highest BCUT2D eigenvalue weighted by Gasteiger charge is 2.27. The van der Waals surface area contributed by atoms with Gasteiger partial charge < -0.3 is 4.90 Å². The molecule has 1 atom stereocenters. The van der Waals surface area contributed by atoms with Gasteiger partial charge in [-0.15, -0.1) is 0 Å². The van der Waals surface area contributed by atoms with Crippen LogP contribution in [0, 0.1) is 5.82 Å². The Morgan fingerprint density at radius 1 is 0.913 bits per heavy atom. The van der Waals surface area contributed by atoms with E-state index < -0.39 is 0 Å². The molecule has 3 nitrogen and oxygen atoms in total. The lowest BCUT2D eigenvalue weighted by atomic mass is 9.96. The molecule has 120 valence electrons. The van der Waals surface area contributed by atoms with Gasteiger partial charge in [-0.2, -0.15) is 0 Å². The maximum atomic E-state index is 13.3. The molecule has 2 aromatic carbocycles. The molecule has 23 heavy (non-hydrogen) atoms. The standard InChI is InChI=1S/C19H21FN2O/c1-15(23)21-11-13-22(14-12-21)19(16-5-3-2-4-6-16)17-7-9-18(20)10-8-17/h2-10,19H,11-14H2,1H3. The van der Waals surface area contributed by atoms with Crippen molar-refractivity contribution in [2.24, 2.45) is 0 Å². The number of carbonyl (C=O) groups excluding carboxylic acids is 1. The lowest BCUT2D eigenvalue weighted by Crippen LogP contribution is -2.49. The van der Waals surface area contributed by atoms with E-state index in [0.717, 1.165) is 31.7 Å². The molecule has 0 aliphatic carbocycles. The molecule has 0 saturated carbocycles. The van der Waals surface area contributed by atoms with Gasteiger partial charge in [-0.1, -0.05) is 42.5 Å². The fourth-order valence-electron chi connectivity index (χ4n) is 3.19. The van der Waals surface area contributed by atoms with Crippen LogP contribution in [0.15, 0.2) is 54.6 Å². The second kappa shape index (κ2) is 6.92. The fourth-order valence-corrected chi connectivity index (χ4v) is 3.19. The summed E-state index contributed by atoms with van der Waals surface area (Å²) < 4.78 is 13.3. The van der Waals surface area contributed by atoms with Gasteiger partial charge in [0.2, 0.25) is 5.91 Å². The Hall–Kier alpha value is -2.20. The quantitative estimate of drug-likeness (QED) is 0.869. The van der Waals surface area contributed by atoms with Crippen molar-refractivity contribution in [3.63, 3.8) is 0 Å². The molecule has 4 heteroatoms. The van der Waals surface area contributed by atoms with Crippen molar-refractivity contribution in [3.8, 4) is 0 Å². The highest BCUT2D eigenvalue weighted by atomic mass is 19.1. The first-order valence-electron chi connectivity index (χ1n) is 7.95. The molecule has 1 saturated heterocycles. The summed E-state index contributed by atoms with van der Waals surface area (Å²) >= 11 is 0. The topological polar surface area (TPSA) is 23.6 Å². The van der Waals surface area contributed by atoms with Gasteiger partial charge in [0, 0.05) is 33.1 Å².